The van der Waals surface area contributed by atoms with Gasteiger partial charge in [0.15, 0.2) is 0 Å². The van der Waals surface area contributed by atoms with Gasteiger partial charge in [0.1, 0.15) is 0 Å². The van der Waals surface area contributed by atoms with Gasteiger partial charge in [0.25, 0.3) is 0 Å². The predicted molar refractivity (Wildman–Crippen MR) is 91.1 cm³/mol. The van der Waals surface area contributed by atoms with E-state index in [0.29, 0.717) is 0 Å². The van der Waals surface area contributed by atoms with Crippen molar-refractivity contribution in [3.63, 3.8) is 0 Å². The summed E-state index contributed by atoms with van der Waals surface area (Å²) in [4.78, 5) is 0. The van der Waals surface area contributed by atoms with Crippen LogP contribution in [-0.2, 0) is 0 Å². The molecule has 0 saturated heterocycles. The van der Waals surface area contributed by atoms with Crippen molar-refractivity contribution >= 4 is 23.6 Å². The zero-order valence-electron chi connectivity index (χ0n) is 11.7. The Balaban J connectivity index is 2.32. The van der Waals surface area contributed by atoms with Crippen LogP contribution in [0.4, 0.5) is 0 Å². The molecule has 0 nitrogen and oxygen atoms in total. The molecule has 99 valence electrons. The van der Waals surface area contributed by atoms with Gasteiger partial charge in [-0.3, -0.25) is 0 Å². The molecule has 1 heteroatoms. The van der Waals surface area contributed by atoms with Gasteiger partial charge in [-0.25, -0.2) is 0 Å². The van der Waals surface area contributed by atoms with Crippen LogP contribution in [0.1, 0.15) is 0 Å². The maximum Gasteiger partial charge on any atom is 0.231 e. The standard InChI is InChI=1S/C20H15Si/c1-2-21(18-12-6-3-7-13-18,19-14-8-4-9-15-19)20-16-10-5-11-17-20/h3-17H. The molecule has 0 fully saturated rings. The molecule has 0 atom stereocenters. The highest BCUT2D eigenvalue weighted by atomic mass is 28.3. The second-order valence-corrected chi connectivity index (χ2v) is 8.46. The summed E-state index contributed by atoms with van der Waals surface area (Å²) in [6, 6.07) is 31.0. The molecule has 0 aliphatic rings. The number of hydrogen-bond donors (Lipinski definition) is 0. The molecule has 0 spiro atoms. The Morgan fingerprint density at radius 3 is 1.05 bits per heavy atom. The number of rotatable bonds is 3. The first-order chi connectivity index (χ1) is 10.4. The molecule has 0 unspecified atom stereocenters. The Kier molecular flexibility index (Phi) is 3.72. The summed E-state index contributed by atoms with van der Waals surface area (Å²) in [6.07, 6.45) is 8.13. The summed E-state index contributed by atoms with van der Waals surface area (Å²) in [6.45, 7) is 0. The highest BCUT2D eigenvalue weighted by Crippen LogP contribution is 2.06. The third-order valence-electron chi connectivity index (χ3n) is 3.81. The van der Waals surface area contributed by atoms with Crippen molar-refractivity contribution in [2.75, 3.05) is 0 Å². The van der Waals surface area contributed by atoms with E-state index in [2.05, 4.69) is 41.9 Å². The van der Waals surface area contributed by atoms with Crippen molar-refractivity contribution in [3.05, 3.63) is 97.4 Å². The third kappa shape index (κ3) is 2.31. The van der Waals surface area contributed by atoms with Gasteiger partial charge in [0, 0.05) is 0 Å². The smallest absolute Gasteiger partial charge is 0.100 e. The lowest BCUT2D eigenvalue weighted by Gasteiger charge is -2.27. The van der Waals surface area contributed by atoms with E-state index in [1.165, 1.54) is 15.6 Å². The zero-order valence-corrected chi connectivity index (χ0v) is 12.7. The minimum Gasteiger partial charge on any atom is -0.100 e. The molecule has 3 aromatic carbocycles. The van der Waals surface area contributed by atoms with Crippen LogP contribution in [0, 0.1) is 12.0 Å². The topological polar surface area (TPSA) is 0 Å². The van der Waals surface area contributed by atoms with Gasteiger partial charge in [-0.15, -0.1) is 5.54 Å². The van der Waals surface area contributed by atoms with Crippen LogP contribution in [0.3, 0.4) is 0 Å². The third-order valence-corrected chi connectivity index (χ3v) is 7.78. The Hall–Kier alpha value is -2.56. The number of hydrogen-bond acceptors (Lipinski definition) is 0. The predicted octanol–water partition coefficient (Wildman–Crippen LogP) is 2.29. The van der Waals surface area contributed by atoms with Crippen molar-refractivity contribution in [1.29, 1.82) is 0 Å². The van der Waals surface area contributed by atoms with Gasteiger partial charge in [0.2, 0.25) is 8.07 Å². The molecular formula is C20H15Si. The van der Waals surface area contributed by atoms with Crippen LogP contribution in [0.15, 0.2) is 91.0 Å². The molecule has 1 radical (unpaired) electrons. The van der Waals surface area contributed by atoms with Crippen LogP contribution in [0.5, 0.6) is 0 Å². The Bertz CT molecular complexity index is 643. The Morgan fingerprint density at radius 2 is 0.810 bits per heavy atom. The van der Waals surface area contributed by atoms with Crippen LogP contribution in [0.25, 0.3) is 0 Å². The van der Waals surface area contributed by atoms with Gasteiger partial charge in [-0.1, -0.05) is 91.0 Å². The monoisotopic (exact) mass is 283 g/mol. The zero-order chi connectivity index (χ0) is 14.5. The second kappa shape index (κ2) is 5.83. The molecule has 0 amide bonds. The minimum absolute atomic E-state index is 1.19. The van der Waals surface area contributed by atoms with Crippen LogP contribution >= 0.6 is 0 Å². The second-order valence-electron chi connectivity index (χ2n) is 4.97. The summed E-state index contributed by atoms with van der Waals surface area (Å²) in [5, 5.41) is 3.58. The van der Waals surface area contributed by atoms with Crippen molar-refractivity contribution in [2.45, 2.75) is 0 Å². The molecule has 0 bridgehead atoms. The molecule has 0 heterocycles. The van der Waals surface area contributed by atoms with Gasteiger partial charge in [0.05, 0.1) is 0 Å². The molecule has 21 heavy (non-hydrogen) atoms. The molecule has 0 N–H and O–H groups in total. The maximum atomic E-state index is 8.13. The molecule has 0 aromatic heterocycles. The van der Waals surface area contributed by atoms with E-state index < -0.39 is 8.07 Å². The van der Waals surface area contributed by atoms with Crippen LogP contribution in [0.2, 0.25) is 0 Å². The van der Waals surface area contributed by atoms with E-state index in [1.54, 1.807) is 0 Å². The summed E-state index contributed by atoms with van der Waals surface area (Å²) < 4.78 is 0. The van der Waals surface area contributed by atoms with Crippen molar-refractivity contribution < 1.29 is 0 Å². The largest absolute Gasteiger partial charge is 0.231 e. The van der Waals surface area contributed by atoms with E-state index in [-0.39, 0.29) is 0 Å². The molecule has 0 saturated carbocycles. The summed E-state index contributed by atoms with van der Waals surface area (Å²) in [5.74, 6) is 0. The normalized spacial score (nSPS) is 10.8. The quantitative estimate of drug-likeness (QED) is 0.393. The lowest BCUT2D eigenvalue weighted by molar-refractivity contribution is 1.69. The fourth-order valence-electron chi connectivity index (χ4n) is 2.78. The Labute approximate surface area is 127 Å². The highest BCUT2D eigenvalue weighted by molar-refractivity contribution is 7.16. The van der Waals surface area contributed by atoms with Gasteiger partial charge in [-0.2, -0.15) is 0 Å². The minimum atomic E-state index is -2.48. The molecule has 3 aromatic rings. The molecular weight excluding hydrogens is 268 g/mol. The first-order valence-corrected chi connectivity index (χ1v) is 8.98. The SMILES string of the molecule is [C]#C[Si](c1ccccc1)(c1ccccc1)c1ccccc1. The summed E-state index contributed by atoms with van der Waals surface area (Å²) in [7, 11) is -2.48. The average Bonchev–Trinajstić information content (AvgIpc) is 2.59. The van der Waals surface area contributed by atoms with E-state index in [0.717, 1.165) is 0 Å². The van der Waals surface area contributed by atoms with Crippen molar-refractivity contribution in [2.24, 2.45) is 0 Å². The maximum absolute atomic E-state index is 8.13. The van der Waals surface area contributed by atoms with E-state index in [1.807, 2.05) is 54.6 Å². The van der Waals surface area contributed by atoms with Gasteiger partial charge >= 0.3 is 0 Å². The van der Waals surface area contributed by atoms with Crippen LogP contribution in [-0.4, -0.2) is 8.07 Å². The van der Waals surface area contributed by atoms with E-state index in [4.69, 9.17) is 6.42 Å². The first-order valence-electron chi connectivity index (χ1n) is 6.98. The van der Waals surface area contributed by atoms with Crippen molar-refractivity contribution in [3.8, 4) is 5.54 Å². The first kappa shape index (κ1) is 13.4. The molecule has 0 aliphatic carbocycles. The fourth-order valence-corrected chi connectivity index (χ4v) is 6.29. The van der Waals surface area contributed by atoms with Gasteiger partial charge in [-0.05, 0) is 22.0 Å². The number of benzene rings is 3. The molecule has 0 aliphatic heterocycles. The summed E-state index contributed by atoms with van der Waals surface area (Å²) >= 11 is 0. The average molecular weight is 283 g/mol. The summed E-state index contributed by atoms with van der Waals surface area (Å²) in [5.41, 5.74) is 2.95. The van der Waals surface area contributed by atoms with Crippen molar-refractivity contribution in [1.82, 2.24) is 0 Å². The van der Waals surface area contributed by atoms with E-state index >= 15 is 0 Å². The van der Waals surface area contributed by atoms with E-state index in [9.17, 15) is 0 Å². The van der Waals surface area contributed by atoms with Gasteiger partial charge < -0.3 is 0 Å². The fraction of sp³-hybridized carbons (Fsp3) is 0. The molecule has 3 rings (SSSR count). The van der Waals surface area contributed by atoms with Crippen LogP contribution < -0.4 is 15.6 Å². The highest BCUT2D eigenvalue weighted by Gasteiger charge is 2.37. The lowest BCUT2D eigenvalue weighted by atomic mass is 10.3. The lowest BCUT2D eigenvalue weighted by Crippen LogP contribution is -2.66. The Morgan fingerprint density at radius 1 is 0.524 bits per heavy atom.